The second-order valence-corrected chi connectivity index (χ2v) is 8.22. The number of imidazole rings is 1. The van der Waals surface area contributed by atoms with Crippen LogP contribution in [0.1, 0.15) is 51.1 Å². The Morgan fingerprint density at radius 2 is 2.00 bits per heavy atom. The first-order valence-electron chi connectivity index (χ1n) is 10.6. The summed E-state index contributed by atoms with van der Waals surface area (Å²) in [6.07, 6.45) is 5.74. The third-order valence-corrected chi connectivity index (χ3v) is 5.68. The zero-order valence-corrected chi connectivity index (χ0v) is 18.1. The second kappa shape index (κ2) is 8.78. The van der Waals surface area contributed by atoms with Crippen LogP contribution in [-0.2, 0) is 0 Å². The van der Waals surface area contributed by atoms with Crippen LogP contribution < -0.4 is 21.1 Å². The molecule has 9 heteroatoms. The summed E-state index contributed by atoms with van der Waals surface area (Å²) in [5.41, 5.74) is 8.55. The monoisotopic (exact) mass is 420 g/mol. The minimum absolute atomic E-state index is 0.198. The summed E-state index contributed by atoms with van der Waals surface area (Å²) in [5.74, 6) is 1.72. The van der Waals surface area contributed by atoms with Crippen LogP contribution in [0.4, 0.5) is 17.5 Å². The summed E-state index contributed by atoms with van der Waals surface area (Å²) in [6, 6.07) is 8.27. The minimum Gasteiger partial charge on any atom is -0.497 e. The number of aromatic nitrogens is 4. The van der Waals surface area contributed by atoms with Crippen molar-refractivity contribution in [2.24, 2.45) is 5.73 Å². The molecule has 31 heavy (non-hydrogen) atoms. The van der Waals surface area contributed by atoms with Crippen LogP contribution in [-0.4, -0.2) is 38.7 Å². The van der Waals surface area contributed by atoms with E-state index in [4.69, 9.17) is 20.4 Å². The van der Waals surface area contributed by atoms with E-state index in [1.165, 1.54) is 0 Å². The second-order valence-electron chi connectivity index (χ2n) is 8.22. The fourth-order valence-corrected chi connectivity index (χ4v) is 3.87. The summed E-state index contributed by atoms with van der Waals surface area (Å²) in [6.45, 7) is 4.17. The third kappa shape index (κ3) is 4.39. The molecule has 4 N–H and O–H groups in total. The molecule has 4 rings (SSSR count). The van der Waals surface area contributed by atoms with Gasteiger partial charge in [0, 0.05) is 18.1 Å². The Bertz CT molecular complexity index is 1110. The van der Waals surface area contributed by atoms with Crippen molar-refractivity contribution in [3.8, 4) is 11.8 Å². The molecule has 2 aromatic heterocycles. The van der Waals surface area contributed by atoms with Gasteiger partial charge in [0.2, 0.25) is 5.95 Å². The summed E-state index contributed by atoms with van der Waals surface area (Å²) >= 11 is 0. The number of rotatable bonds is 6. The number of hydrogen-bond acceptors (Lipinski definition) is 8. The Labute approximate surface area is 181 Å². The van der Waals surface area contributed by atoms with Gasteiger partial charge in [-0.05, 0) is 57.7 Å². The van der Waals surface area contributed by atoms with E-state index in [2.05, 4.69) is 35.5 Å². The summed E-state index contributed by atoms with van der Waals surface area (Å²) in [7, 11) is 1.58. The minimum atomic E-state index is 0.198. The molecule has 0 aliphatic heterocycles. The highest BCUT2D eigenvalue weighted by atomic mass is 16.5. The molecule has 0 radical (unpaired) electrons. The maximum atomic E-state index is 9.58. The van der Waals surface area contributed by atoms with Gasteiger partial charge in [0.15, 0.2) is 17.0 Å². The maximum absolute atomic E-state index is 9.58. The molecule has 1 aromatic carbocycles. The van der Waals surface area contributed by atoms with E-state index < -0.39 is 0 Å². The maximum Gasteiger partial charge on any atom is 0.227 e. The van der Waals surface area contributed by atoms with Gasteiger partial charge in [0.1, 0.15) is 11.8 Å². The van der Waals surface area contributed by atoms with Crippen molar-refractivity contribution in [2.45, 2.75) is 57.7 Å². The standard InChI is InChI=1S/C22H28N8O/c1-13(2)30-12-25-19-20(27-18-9-8-17(31-3)10-14(18)11-23)28-22(29-21(19)30)26-16-6-4-15(24)5-7-16/h8-10,12-13,15-16H,4-7,24H2,1-3H3,(H2,26,27,28,29). The molecule has 1 fully saturated rings. The number of fused-ring (bicyclic) bond motifs is 1. The number of nitrogens with zero attached hydrogens (tertiary/aromatic N) is 5. The highest BCUT2D eigenvalue weighted by molar-refractivity contribution is 5.87. The van der Waals surface area contributed by atoms with Crippen molar-refractivity contribution in [3.05, 3.63) is 30.1 Å². The van der Waals surface area contributed by atoms with Gasteiger partial charge in [0.25, 0.3) is 0 Å². The molecule has 162 valence electrons. The Morgan fingerprint density at radius 1 is 1.23 bits per heavy atom. The number of nitrogens with two attached hydrogens (primary N) is 1. The van der Waals surface area contributed by atoms with Crippen LogP contribution in [0.3, 0.4) is 0 Å². The Balaban J connectivity index is 1.72. The highest BCUT2D eigenvalue weighted by Crippen LogP contribution is 2.30. The molecule has 1 saturated carbocycles. The average Bonchev–Trinajstić information content (AvgIpc) is 3.20. The van der Waals surface area contributed by atoms with E-state index in [-0.39, 0.29) is 18.1 Å². The van der Waals surface area contributed by atoms with Crippen LogP contribution in [0.5, 0.6) is 5.75 Å². The summed E-state index contributed by atoms with van der Waals surface area (Å²) < 4.78 is 7.25. The number of nitrogens with one attached hydrogen (secondary N) is 2. The summed E-state index contributed by atoms with van der Waals surface area (Å²) in [5, 5.41) is 16.3. The predicted octanol–water partition coefficient (Wildman–Crippen LogP) is 3.71. The number of methoxy groups -OCH3 is 1. The van der Waals surface area contributed by atoms with E-state index in [0.29, 0.717) is 34.3 Å². The summed E-state index contributed by atoms with van der Waals surface area (Å²) in [4.78, 5) is 14.0. The number of ether oxygens (including phenoxy) is 1. The van der Waals surface area contributed by atoms with E-state index in [1.807, 2.05) is 4.57 Å². The average molecular weight is 421 g/mol. The lowest BCUT2D eigenvalue weighted by Gasteiger charge is -2.27. The molecule has 1 aliphatic carbocycles. The van der Waals surface area contributed by atoms with Gasteiger partial charge in [-0.1, -0.05) is 0 Å². The SMILES string of the molecule is COc1ccc(Nc2nc(NC3CCC(N)CC3)nc3c2ncn3C(C)C)c(C#N)c1. The van der Waals surface area contributed by atoms with Crippen LogP contribution >= 0.6 is 0 Å². The molecule has 0 unspecified atom stereocenters. The molecule has 2 heterocycles. The fraction of sp³-hybridized carbons (Fsp3) is 0.455. The molecule has 0 amide bonds. The lowest BCUT2D eigenvalue weighted by atomic mass is 9.92. The molecular weight excluding hydrogens is 392 g/mol. The van der Waals surface area contributed by atoms with E-state index in [1.54, 1.807) is 31.6 Å². The zero-order valence-electron chi connectivity index (χ0n) is 18.1. The smallest absolute Gasteiger partial charge is 0.227 e. The van der Waals surface area contributed by atoms with Crippen molar-refractivity contribution in [2.75, 3.05) is 17.7 Å². The lowest BCUT2D eigenvalue weighted by molar-refractivity contribution is 0.410. The third-order valence-electron chi connectivity index (χ3n) is 5.68. The number of benzene rings is 1. The van der Waals surface area contributed by atoms with Gasteiger partial charge in [-0.15, -0.1) is 0 Å². The van der Waals surface area contributed by atoms with Gasteiger partial charge in [0.05, 0.1) is 24.7 Å². The van der Waals surface area contributed by atoms with Crippen molar-refractivity contribution in [3.63, 3.8) is 0 Å². The van der Waals surface area contributed by atoms with Crippen LogP contribution in [0.2, 0.25) is 0 Å². The van der Waals surface area contributed by atoms with E-state index in [0.717, 1.165) is 31.3 Å². The quantitative estimate of drug-likeness (QED) is 0.551. The molecule has 9 nitrogen and oxygen atoms in total. The first kappa shape index (κ1) is 20.9. The van der Waals surface area contributed by atoms with Crippen molar-refractivity contribution < 1.29 is 4.74 Å². The first-order chi connectivity index (χ1) is 15.0. The molecule has 0 saturated heterocycles. The van der Waals surface area contributed by atoms with Crippen molar-refractivity contribution >= 4 is 28.6 Å². The molecule has 0 bridgehead atoms. The van der Waals surface area contributed by atoms with Crippen LogP contribution in [0, 0.1) is 11.3 Å². The fourth-order valence-electron chi connectivity index (χ4n) is 3.87. The molecule has 0 atom stereocenters. The Kier molecular flexibility index (Phi) is 5.91. The highest BCUT2D eigenvalue weighted by Gasteiger charge is 2.21. The molecule has 1 aliphatic rings. The van der Waals surface area contributed by atoms with Gasteiger partial charge < -0.3 is 25.7 Å². The number of nitriles is 1. The Hall–Kier alpha value is -3.38. The first-order valence-corrected chi connectivity index (χ1v) is 10.6. The van der Waals surface area contributed by atoms with Gasteiger partial charge in [-0.2, -0.15) is 15.2 Å². The molecule has 3 aromatic rings. The van der Waals surface area contributed by atoms with Crippen molar-refractivity contribution in [1.82, 2.24) is 19.5 Å². The lowest BCUT2D eigenvalue weighted by Crippen LogP contribution is -2.33. The number of anilines is 3. The van der Waals surface area contributed by atoms with Gasteiger partial charge >= 0.3 is 0 Å². The number of hydrogen-bond donors (Lipinski definition) is 3. The zero-order chi connectivity index (χ0) is 22.0. The largest absolute Gasteiger partial charge is 0.497 e. The topological polar surface area (TPSA) is 127 Å². The van der Waals surface area contributed by atoms with Crippen molar-refractivity contribution in [1.29, 1.82) is 5.26 Å². The van der Waals surface area contributed by atoms with Gasteiger partial charge in [-0.3, -0.25) is 0 Å². The molecular formula is C22H28N8O. The van der Waals surface area contributed by atoms with E-state index >= 15 is 0 Å². The molecule has 0 spiro atoms. The predicted molar refractivity (Wildman–Crippen MR) is 121 cm³/mol. The van der Waals surface area contributed by atoms with E-state index in [9.17, 15) is 5.26 Å². The van der Waals surface area contributed by atoms with Gasteiger partial charge in [-0.25, -0.2) is 4.98 Å². The normalized spacial score (nSPS) is 18.7. The van der Waals surface area contributed by atoms with Crippen LogP contribution in [0.25, 0.3) is 11.2 Å². The van der Waals surface area contributed by atoms with Crippen LogP contribution in [0.15, 0.2) is 24.5 Å². The Morgan fingerprint density at radius 3 is 2.68 bits per heavy atom.